The number of benzene rings is 2. The molecule has 0 atom stereocenters. The number of nitrogens with one attached hydrogen (secondary N) is 2. The summed E-state index contributed by atoms with van der Waals surface area (Å²) in [6.07, 6.45) is 8.47. The lowest BCUT2D eigenvalue weighted by atomic mass is 9.92. The van der Waals surface area contributed by atoms with Gasteiger partial charge in [0.2, 0.25) is 0 Å². The first-order valence-corrected chi connectivity index (χ1v) is 14.5. The van der Waals surface area contributed by atoms with Crippen molar-refractivity contribution < 1.29 is 0 Å². The van der Waals surface area contributed by atoms with Crippen LogP contribution in [0.25, 0.3) is 68.6 Å². The van der Waals surface area contributed by atoms with Gasteiger partial charge in [-0.3, -0.25) is 0 Å². The van der Waals surface area contributed by atoms with E-state index in [1.807, 2.05) is 0 Å². The molecule has 0 amide bonds. The fourth-order valence-electron chi connectivity index (χ4n) is 6.75. The van der Waals surface area contributed by atoms with Crippen LogP contribution < -0.4 is 0 Å². The number of rotatable bonds is 2. The van der Waals surface area contributed by atoms with Crippen LogP contribution >= 0.6 is 0 Å². The summed E-state index contributed by atoms with van der Waals surface area (Å²) in [6, 6.07) is 21.8. The van der Waals surface area contributed by atoms with Gasteiger partial charge in [0, 0.05) is 33.2 Å². The van der Waals surface area contributed by atoms with Crippen LogP contribution in [0.2, 0.25) is 0 Å². The van der Waals surface area contributed by atoms with Crippen molar-refractivity contribution >= 4 is 46.4 Å². The van der Waals surface area contributed by atoms with E-state index in [1.54, 1.807) is 0 Å². The van der Waals surface area contributed by atoms with Gasteiger partial charge in [-0.25, -0.2) is 9.97 Å². The molecule has 42 heavy (non-hydrogen) atoms. The third-order valence-electron chi connectivity index (χ3n) is 8.25. The molecule has 5 aromatic rings. The molecular formula is C38H34N4. The molecule has 7 rings (SSSR count). The summed E-state index contributed by atoms with van der Waals surface area (Å²) >= 11 is 0. The zero-order valence-corrected chi connectivity index (χ0v) is 25.0. The van der Waals surface area contributed by atoms with E-state index < -0.39 is 0 Å². The fourth-order valence-corrected chi connectivity index (χ4v) is 6.75. The van der Waals surface area contributed by atoms with Gasteiger partial charge in [0.15, 0.2) is 0 Å². The van der Waals surface area contributed by atoms with Gasteiger partial charge >= 0.3 is 0 Å². The topological polar surface area (TPSA) is 57.4 Å². The van der Waals surface area contributed by atoms with E-state index in [1.165, 1.54) is 44.5 Å². The van der Waals surface area contributed by atoms with E-state index in [0.29, 0.717) is 0 Å². The predicted molar refractivity (Wildman–Crippen MR) is 178 cm³/mol. The van der Waals surface area contributed by atoms with Gasteiger partial charge in [-0.05, 0) is 136 Å². The average Bonchev–Trinajstić information content (AvgIpc) is 3.72. The van der Waals surface area contributed by atoms with Gasteiger partial charge in [0.1, 0.15) is 0 Å². The van der Waals surface area contributed by atoms with Crippen LogP contribution in [0.5, 0.6) is 0 Å². The van der Waals surface area contributed by atoms with E-state index in [-0.39, 0.29) is 0 Å². The van der Waals surface area contributed by atoms with Crippen molar-refractivity contribution in [2.45, 2.75) is 41.5 Å². The van der Waals surface area contributed by atoms with Crippen molar-refractivity contribution in [2.75, 3.05) is 0 Å². The number of hydrogen-bond donors (Lipinski definition) is 2. The highest BCUT2D eigenvalue weighted by Crippen LogP contribution is 2.39. The van der Waals surface area contributed by atoms with Gasteiger partial charge in [0.25, 0.3) is 0 Å². The van der Waals surface area contributed by atoms with E-state index in [0.717, 1.165) is 56.0 Å². The molecule has 0 aliphatic carbocycles. The Labute approximate surface area is 246 Å². The molecule has 0 fully saturated rings. The summed E-state index contributed by atoms with van der Waals surface area (Å²) < 4.78 is 0. The lowest BCUT2D eigenvalue weighted by Crippen LogP contribution is -1.95. The molecule has 8 bridgehead atoms. The average molecular weight is 547 g/mol. The maximum absolute atomic E-state index is 5.40. The summed E-state index contributed by atoms with van der Waals surface area (Å²) in [5.41, 5.74) is 20.0. The second-order valence-electron chi connectivity index (χ2n) is 11.8. The number of aromatic nitrogens is 4. The van der Waals surface area contributed by atoms with Crippen molar-refractivity contribution in [3.63, 3.8) is 0 Å². The minimum Gasteiger partial charge on any atom is -0.355 e. The summed E-state index contributed by atoms with van der Waals surface area (Å²) in [5.74, 6) is 0. The smallest absolute Gasteiger partial charge is 0.0737 e. The van der Waals surface area contributed by atoms with Crippen LogP contribution in [-0.4, -0.2) is 19.9 Å². The Kier molecular flexibility index (Phi) is 6.09. The van der Waals surface area contributed by atoms with Gasteiger partial charge in [-0.1, -0.05) is 35.4 Å². The van der Waals surface area contributed by atoms with Crippen LogP contribution in [0.1, 0.15) is 56.2 Å². The van der Waals surface area contributed by atoms with Crippen LogP contribution in [0.3, 0.4) is 0 Å². The monoisotopic (exact) mass is 546 g/mol. The number of fused-ring (bicyclic) bond motifs is 8. The first-order chi connectivity index (χ1) is 20.2. The second-order valence-corrected chi connectivity index (χ2v) is 11.8. The molecule has 4 heteroatoms. The zero-order valence-electron chi connectivity index (χ0n) is 25.0. The van der Waals surface area contributed by atoms with E-state index in [9.17, 15) is 0 Å². The predicted octanol–water partition coefficient (Wildman–Crippen LogP) is 9.84. The summed E-state index contributed by atoms with van der Waals surface area (Å²) in [7, 11) is 0. The molecule has 2 aliphatic heterocycles. The van der Waals surface area contributed by atoms with Crippen LogP contribution in [0.4, 0.5) is 0 Å². The van der Waals surface area contributed by atoms with Crippen molar-refractivity contribution in [2.24, 2.45) is 0 Å². The number of hydrogen-bond acceptors (Lipinski definition) is 2. The molecule has 3 aromatic heterocycles. The second kappa shape index (κ2) is 9.85. The Balaban J connectivity index is 1.68. The molecular weight excluding hydrogens is 512 g/mol. The Morgan fingerprint density at radius 1 is 0.429 bits per heavy atom. The van der Waals surface area contributed by atoms with Gasteiger partial charge in [-0.2, -0.15) is 0 Å². The van der Waals surface area contributed by atoms with Gasteiger partial charge < -0.3 is 9.97 Å². The normalized spacial score (nSPS) is 12.3. The summed E-state index contributed by atoms with van der Waals surface area (Å²) in [4.78, 5) is 17.6. The molecule has 0 unspecified atom stereocenters. The van der Waals surface area contributed by atoms with Crippen LogP contribution in [0, 0.1) is 41.5 Å². The largest absolute Gasteiger partial charge is 0.355 e. The van der Waals surface area contributed by atoms with Crippen LogP contribution in [-0.2, 0) is 0 Å². The Bertz CT molecular complexity index is 1960. The van der Waals surface area contributed by atoms with Crippen molar-refractivity contribution in [3.8, 4) is 22.3 Å². The highest BCUT2D eigenvalue weighted by molar-refractivity contribution is 5.97. The third-order valence-corrected chi connectivity index (χ3v) is 8.25. The summed E-state index contributed by atoms with van der Waals surface area (Å²) in [6.45, 7) is 13.1. The first kappa shape index (κ1) is 26.0. The molecule has 0 saturated carbocycles. The number of aryl methyl sites for hydroxylation is 6. The van der Waals surface area contributed by atoms with Crippen molar-refractivity contribution in [3.05, 3.63) is 117 Å². The lowest BCUT2D eigenvalue weighted by Gasteiger charge is -2.14. The van der Waals surface area contributed by atoms with Gasteiger partial charge in [0.05, 0.1) is 22.8 Å². The maximum atomic E-state index is 5.40. The third kappa shape index (κ3) is 4.50. The minimum atomic E-state index is 0.921. The number of aromatic amines is 2. The summed E-state index contributed by atoms with van der Waals surface area (Å²) in [5, 5.41) is 0. The van der Waals surface area contributed by atoms with Crippen LogP contribution in [0.15, 0.2) is 60.7 Å². The quantitative estimate of drug-likeness (QED) is 0.227. The minimum absolute atomic E-state index is 0.921. The van der Waals surface area contributed by atoms with Crippen molar-refractivity contribution in [1.82, 2.24) is 19.9 Å². The maximum Gasteiger partial charge on any atom is 0.0737 e. The SMILES string of the molecule is Cc1cc(C)c(-c2c3nc(c(-c4c(C)cc(C)cc4C)c4ccc(cc5nc(cc6ccc2[nH]6)C=C5)[nH]4)C=C3)c(C)c1. The standard InChI is InChI=1S/C38H34N4/c1-21-15-23(3)35(24(4)16-21)37-31-11-9-29(40-31)19-27-7-8-28(39-27)20-30-10-12-32(41-30)38(34-14-13-33(37)42-34)36-25(5)17-22(2)18-26(36)6/h7-20,40-41H,1-6H3. The molecule has 0 saturated heterocycles. The van der Waals surface area contributed by atoms with E-state index in [2.05, 4.69) is 136 Å². The molecule has 0 radical (unpaired) electrons. The molecule has 206 valence electrons. The van der Waals surface area contributed by atoms with E-state index >= 15 is 0 Å². The number of H-pyrrole nitrogens is 2. The van der Waals surface area contributed by atoms with E-state index in [4.69, 9.17) is 9.97 Å². The highest BCUT2D eigenvalue weighted by atomic mass is 14.8. The molecule has 2 aromatic carbocycles. The van der Waals surface area contributed by atoms with Crippen molar-refractivity contribution in [1.29, 1.82) is 0 Å². The first-order valence-electron chi connectivity index (χ1n) is 14.5. The Morgan fingerprint density at radius 2 is 0.833 bits per heavy atom. The molecule has 5 heterocycles. The highest BCUT2D eigenvalue weighted by Gasteiger charge is 2.19. The zero-order chi connectivity index (χ0) is 29.1. The lowest BCUT2D eigenvalue weighted by molar-refractivity contribution is 1.27. The molecule has 4 nitrogen and oxygen atoms in total. The number of nitrogens with zero attached hydrogens (tertiary/aromatic N) is 2. The fraction of sp³-hybridized carbons (Fsp3) is 0.158. The van der Waals surface area contributed by atoms with Gasteiger partial charge in [-0.15, -0.1) is 0 Å². The molecule has 2 N–H and O–H groups in total. The Hall–Kier alpha value is -4.96. The molecule has 2 aliphatic rings. The Morgan fingerprint density at radius 3 is 1.24 bits per heavy atom. The molecule has 0 spiro atoms.